The van der Waals surface area contributed by atoms with Gasteiger partial charge in [-0.15, -0.1) is 5.10 Å². The third-order valence-corrected chi connectivity index (χ3v) is 4.29. The zero-order valence-electron chi connectivity index (χ0n) is 15.3. The number of hydrogen-bond acceptors (Lipinski definition) is 6. The molecule has 0 atom stereocenters. The summed E-state index contributed by atoms with van der Waals surface area (Å²) in [5.74, 6) is -1.84. The van der Waals surface area contributed by atoms with Crippen LogP contribution in [0.25, 0.3) is 22.4 Å². The van der Waals surface area contributed by atoms with Crippen LogP contribution in [0.15, 0.2) is 68.2 Å². The van der Waals surface area contributed by atoms with Crippen LogP contribution >= 0.6 is 0 Å². The van der Waals surface area contributed by atoms with E-state index < -0.39 is 24.1 Å². The topological polar surface area (TPSA) is 119 Å². The van der Waals surface area contributed by atoms with Crippen LogP contribution in [0.3, 0.4) is 0 Å². The molecule has 0 aliphatic heterocycles. The summed E-state index contributed by atoms with van der Waals surface area (Å²) in [4.78, 5) is 36.3. The summed E-state index contributed by atoms with van der Waals surface area (Å²) < 4.78 is 11.5. The van der Waals surface area contributed by atoms with Gasteiger partial charge in [0, 0.05) is 16.5 Å². The van der Waals surface area contributed by atoms with Crippen molar-refractivity contribution in [2.45, 2.75) is 13.5 Å². The van der Waals surface area contributed by atoms with Gasteiger partial charge in [-0.2, -0.15) is 4.68 Å². The number of amides is 2. The summed E-state index contributed by atoms with van der Waals surface area (Å²) in [5, 5.41) is 4.81. The van der Waals surface area contributed by atoms with Crippen molar-refractivity contribution in [3.8, 4) is 11.5 Å². The smallest absolute Gasteiger partial charge is 0.437 e. The highest BCUT2D eigenvalue weighted by Gasteiger charge is 2.18. The summed E-state index contributed by atoms with van der Waals surface area (Å²) in [6, 6.07) is 16.1. The number of para-hydroxylation sites is 1. The van der Waals surface area contributed by atoms with Gasteiger partial charge in [-0.3, -0.25) is 20.4 Å². The quantitative estimate of drug-likeness (QED) is 0.513. The lowest BCUT2D eigenvalue weighted by Crippen LogP contribution is -2.44. The molecule has 4 rings (SSSR count). The number of furan rings is 1. The van der Waals surface area contributed by atoms with Crippen molar-refractivity contribution in [3.63, 3.8) is 0 Å². The Morgan fingerprint density at radius 2 is 1.72 bits per heavy atom. The Hall–Kier alpha value is -4.14. The van der Waals surface area contributed by atoms with Crippen LogP contribution in [0.2, 0.25) is 0 Å². The van der Waals surface area contributed by atoms with Gasteiger partial charge in [-0.1, -0.05) is 36.4 Å². The first-order chi connectivity index (χ1) is 14.0. The van der Waals surface area contributed by atoms with E-state index in [9.17, 15) is 14.4 Å². The number of fused-ring (bicyclic) bond motifs is 1. The molecule has 0 spiro atoms. The third-order valence-electron chi connectivity index (χ3n) is 4.29. The van der Waals surface area contributed by atoms with Gasteiger partial charge in [0.05, 0.1) is 0 Å². The molecule has 0 saturated heterocycles. The molecule has 0 saturated carbocycles. The molecule has 2 aromatic heterocycles. The van der Waals surface area contributed by atoms with Gasteiger partial charge in [0.2, 0.25) is 5.89 Å². The Labute approximate surface area is 163 Å². The van der Waals surface area contributed by atoms with Crippen molar-refractivity contribution in [2.75, 3.05) is 0 Å². The van der Waals surface area contributed by atoms with E-state index in [0.717, 1.165) is 10.1 Å². The number of aromatic nitrogens is 2. The molecule has 0 fully saturated rings. The molecular formula is C20H16N4O5. The Kier molecular flexibility index (Phi) is 4.70. The number of nitrogens with one attached hydrogen (secondary N) is 2. The van der Waals surface area contributed by atoms with Gasteiger partial charge in [-0.25, -0.2) is 4.79 Å². The maximum atomic E-state index is 12.3. The highest BCUT2D eigenvalue weighted by molar-refractivity contribution is 5.99. The molecule has 2 aromatic carbocycles. The fourth-order valence-corrected chi connectivity index (χ4v) is 2.85. The van der Waals surface area contributed by atoms with Crippen molar-refractivity contribution in [3.05, 3.63) is 76.5 Å². The van der Waals surface area contributed by atoms with Crippen LogP contribution < -0.4 is 16.6 Å². The Morgan fingerprint density at radius 3 is 2.48 bits per heavy atom. The Bertz CT molecular complexity index is 1250. The average Bonchev–Trinajstić information content (AvgIpc) is 3.27. The van der Waals surface area contributed by atoms with Gasteiger partial charge in [-0.05, 0) is 25.1 Å². The first-order valence-corrected chi connectivity index (χ1v) is 8.73. The zero-order valence-corrected chi connectivity index (χ0v) is 15.3. The summed E-state index contributed by atoms with van der Waals surface area (Å²) >= 11 is 0. The summed E-state index contributed by atoms with van der Waals surface area (Å²) in [6.07, 6.45) is 0. The predicted octanol–water partition coefficient (Wildman–Crippen LogP) is 2.02. The first-order valence-electron chi connectivity index (χ1n) is 8.73. The molecular weight excluding hydrogens is 376 g/mol. The maximum absolute atomic E-state index is 12.3. The van der Waals surface area contributed by atoms with E-state index in [0.29, 0.717) is 16.7 Å². The molecule has 0 unspecified atom stereocenters. The Balaban J connectivity index is 1.41. The second kappa shape index (κ2) is 7.47. The van der Waals surface area contributed by atoms with Crippen LogP contribution in [-0.2, 0) is 11.3 Å². The standard InChI is InChI=1S/C20H16N4O5/c1-12-14-9-5-6-10-15(14)28-17(12)18(26)22-21-16(25)11-24-20(27)29-19(23-24)13-7-3-2-4-8-13/h2-10H,11H2,1H3,(H,21,25)(H,22,26). The number of hydrogen-bond donors (Lipinski definition) is 2. The molecule has 29 heavy (non-hydrogen) atoms. The normalized spacial score (nSPS) is 10.8. The lowest BCUT2D eigenvalue weighted by atomic mass is 10.1. The molecule has 2 N–H and O–H groups in total. The van der Waals surface area contributed by atoms with Gasteiger partial charge in [0.25, 0.3) is 5.91 Å². The molecule has 9 heteroatoms. The van der Waals surface area contributed by atoms with Crippen molar-refractivity contribution < 1.29 is 18.4 Å². The molecule has 2 amide bonds. The number of benzene rings is 2. The molecule has 0 aliphatic carbocycles. The number of nitrogens with zero attached hydrogens (tertiary/aromatic N) is 2. The maximum Gasteiger partial charge on any atom is 0.437 e. The molecule has 0 aliphatic rings. The first kappa shape index (κ1) is 18.2. The predicted molar refractivity (Wildman–Crippen MR) is 103 cm³/mol. The van der Waals surface area contributed by atoms with Crippen molar-refractivity contribution >= 4 is 22.8 Å². The van der Waals surface area contributed by atoms with Gasteiger partial charge in [0.15, 0.2) is 5.76 Å². The SMILES string of the molecule is Cc1c(C(=O)NNC(=O)Cn2nc(-c3ccccc3)oc2=O)oc2ccccc12. The van der Waals surface area contributed by atoms with Crippen LogP contribution in [0.5, 0.6) is 0 Å². The van der Waals surface area contributed by atoms with Crippen molar-refractivity contribution in [2.24, 2.45) is 0 Å². The number of carbonyl (C=O) groups excluding carboxylic acids is 2. The largest absolute Gasteiger partial charge is 0.451 e. The minimum absolute atomic E-state index is 0.0940. The van der Waals surface area contributed by atoms with E-state index >= 15 is 0 Å². The van der Waals surface area contributed by atoms with E-state index in [-0.39, 0.29) is 11.7 Å². The Morgan fingerprint density at radius 1 is 1.00 bits per heavy atom. The number of carbonyl (C=O) groups is 2. The van der Waals surface area contributed by atoms with Crippen molar-refractivity contribution in [1.29, 1.82) is 0 Å². The third kappa shape index (κ3) is 3.65. The van der Waals surface area contributed by atoms with Gasteiger partial charge >= 0.3 is 11.7 Å². The molecule has 4 aromatic rings. The minimum Gasteiger partial charge on any atom is -0.451 e. The van der Waals surface area contributed by atoms with E-state index in [4.69, 9.17) is 8.83 Å². The molecule has 0 bridgehead atoms. The minimum atomic E-state index is -0.779. The molecule has 2 heterocycles. The zero-order chi connectivity index (χ0) is 20.4. The highest BCUT2D eigenvalue weighted by Crippen LogP contribution is 2.24. The summed E-state index contributed by atoms with van der Waals surface area (Å²) in [7, 11) is 0. The van der Waals surface area contributed by atoms with Crippen LogP contribution in [0, 0.1) is 6.92 Å². The van der Waals surface area contributed by atoms with Crippen molar-refractivity contribution in [1.82, 2.24) is 20.6 Å². The van der Waals surface area contributed by atoms with E-state index in [1.54, 1.807) is 43.3 Å². The fraction of sp³-hybridized carbons (Fsp3) is 0.100. The highest BCUT2D eigenvalue weighted by atomic mass is 16.4. The van der Waals surface area contributed by atoms with E-state index in [1.165, 1.54) is 0 Å². The van der Waals surface area contributed by atoms with Crippen LogP contribution in [0.4, 0.5) is 0 Å². The summed E-state index contributed by atoms with van der Waals surface area (Å²) in [6.45, 7) is 1.33. The second-order valence-electron chi connectivity index (χ2n) is 6.25. The number of rotatable bonds is 4. The lowest BCUT2D eigenvalue weighted by Gasteiger charge is -2.05. The molecule has 9 nitrogen and oxygen atoms in total. The second-order valence-corrected chi connectivity index (χ2v) is 6.25. The fourth-order valence-electron chi connectivity index (χ4n) is 2.85. The molecule has 146 valence electrons. The monoisotopic (exact) mass is 392 g/mol. The van der Waals surface area contributed by atoms with Crippen LogP contribution in [0.1, 0.15) is 16.1 Å². The molecule has 0 radical (unpaired) electrons. The average molecular weight is 392 g/mol. The lowest BCUT2D eigenvalue weighted by molar-refractivity contribution is -0.122. The number of hydrazine groups is 1. The number of aryl methyl sites for hydroxylation is 1. The van der Waals surface area contributed by atoms with Gasteiger partial charge in [0.1, 0.15) is 12.1 Å². The summed E-state index contributed by atoms with van der Waals surface area (Å²) in [5.41, 5.74) is 6.35. The van der Waals surface area contributed by atoms with Crippen LogP contribution in [-0.4, -0.2) is 21.6 Å². The van der Waals surface area contributed by atoms with E-state index in [1.807, 2.05) is 18.2 Å². The van der Waals surface area contributed by atoms with Gasteiger partial charge < -0.3 is 8.83 Å². The van der Waals surface area contributed by atoms with E-state index in [2.05, 4.69) is 16.0 Å².